The van der Waals surface area contributed by atoms with Crippen LogP contribution < -0.4 is 11.3 Å². The molecule has 8 N–H and O–H groups in total. The molecule has 0 spiro atoms. The number of rotatable bonds is 9. The summed E-state index contributed by atoms with van der Waals surface area (Å²) in [6, 6.07) is 0. The van der Waals surface area contributed by atoms with Crippen molar-refractivity contribution in [2.24, 2.45) is 0 Å². The molecule has 6 atom stereocenters. The molecule has 0 amide bonds. The second-order valence-corrected chi connectivity index (χ2v) is 11.8. The molecule has 23 heteroatoms. The maximum absolute atomic E-state index is 15.6. The Kier molecular flexibility index (Phi) is 7.20. The van der Waals surface area contributed by atoms with Gasteiger partial charge in [0, 0.05) is 0 Å². The number of hydrogen-bond donors (Lipinski definition) is 7. The van der Waals surface area contributed by atoms with Gasteiger partial charge in [-0.05, 0) is 6.92 Å². The normalized spacial score (nSPS) is 30.9. The molecular weight excluding hydrogens is 553 g/mol. The van der Waals surface area contributed by atoms with Gasteiger partial charge in [-0.15, -0.1) is 0 Å². The van der Waals surface area contributed by atoms with Crippen LogP contribution in [-0.2, 0) is 31.6 Å². The lowest BCUT2D eigenvalue weighted by Gasteiger charge is -2.30. The predicted molar refractivity (Wildman–Crippen MR) is 107 cm³/mol. The number of nitrogen functional groups attached to an aromatic ring is 1. The molecule has 198 valence electrons. The zero-order valence-electron chi connectivity index (χ0n) is 17.2. The van der Waals surface area contributed by atoms with Crippen molar-refractivity contribution < 1.29 is 65.0 Å². The fraction of sp³-hybridized carbons (Fsp3) is 0.583. The summed E-state index contributed by atoms with van der Waals surface area (Å²) >= 11 is 0. The second kappa shape index (κ2) is 9.02. The van der Waals surface area contributed by atoms with E-state index in [0.29, 0.717) is 0 Å². The monoisotopic (exact) mass is 571 g/mol. The minimum Gasteiger partial charge on any atom is -0.386 e. The number of alkyl halides is 2. The van der Waals surface area contributed by atoms with Crippen molar-refractivity contribution in [2.45, 2.75) is 30.5 Å². The van der Waals surface area contributed by atoms with E-state index in [0.717, 1.165) is 17.8 Å². The Morgan fingerprint density at radius 2 is 1.89 bits per heavy atom. The number of anilines is 1. The molecule has 18 nitrogen and oxygen atoms in total. The Hall–Kier alpha value is -1.66. The summed E-state index contributed by atoms with van der Waals surface area (Å²) < 4.78 is 81.2. The first-order chi connectivity index (χ1) is 15.8. The number of nitrogens with one attached hydrogen (secondary N) is 1. The summed E-state index contributed by atoms with van der Waals surface area (Å²) in [5, 5.41) is 10.5. The third-order valence-corrected chi connectivity index (χ3v) is 8.46. The van der Waals surface area contributed by atoms with Gasteiger partial charge < -0.3 is 35.2 Å². The van der Waals surface area contributed by atoms with Crippen molar-refractivity contribution in [3.8, 4) is 0 Å². The van der Waals surface area contributed by atoms with Crippen LogP contribution in [0.25, 0.3) is 11.2 Å². The number of phosphoric acid groups is 3. The van der Waals surface area contributed by atoms with Gasteiger partial charge in [0.05, 0.1) is 12.9 Å². The first kappa shape index (κ1) is 27.9. The Balaban J connectivity index is 1.89. The van der Waals surface area contributed by atoms with Crippen LogP contribution in [0.5, 0.6) is 0 Å². The lowest BCUT2D eigenvalue weighted by atomic mass is 9.90. The molecule has 2 unspecified atom stereocenters. The first-order valence-corrected chi connectivity index (χ1v) is 13.5. The first-order valence-electron chi connectivity index (χ1n) is 8.94. The number of aliphatic hydroxyl groups excluding tert-OH is 1. The summed E-state index contributed by atoms with van der Waals surface area (Å²) in [6.07, 6.45) is -3.52. The van der Waals surface area contributed by atoms with Crippen LogP contribution in [0.4, 0.5) is 14.7 Å². The number of ether oxygens (including phenoxy) is 1. The van der Waals surface area contributed by atoms with E-state index >= 15 is 4.39 Å². The van der Waals surface area contributed by atoms with Gasteiger partial charge in [0.15, 0.2) is 28.7 Å². The molecule has 1 fully saturated rings. The van der Waals surface area contributed by atoms with E-state index in [2.05, 4.69) is 28.1 Å². The summed E-state index contributed by atoms with van der Waals surface area (Å²) in [6.45, 7) is -2.50. The molecule has 0 aliphatic carbocycles. The largest absolute Gasteiger partial charge is 0.490 e. The number of phosphoric ester groups is 1. The lowest BCUT2D eigenvalue weighted by molar-refractivity contribution is -0.134. The van der Waals surface area contributed by atoms with Crippen molar-refractivity contribution in [1.82, 2.24) is 19.5 Å². The number of H-pyrrole nitrogens is 1. The highest BCUT2D eigenvalue weighted by atomic mass is 31.3. The van der Waals surface area contributed by atoms with Crippen LogP contribution in [-0.4, -0.2) is 74.9 Å². The van der Waals surface area contributed by atoms with Gasteiger partial charge in [-0.25, -0.2) is 27.5 Å². The fourth-order valence-corrected chi connectivity index (χ4v) is 6.32. The number of nitrogens with two attached hydrogens (primary N) is 1. The molecule has 2 aromatic rings. The van der Waals surface area contributed by atoms with Gasteiger partial charge in [-0.3, -0.25) is 18.9 Å². The number of nitrogens with zero attached hydrogens (tertiary/aromatic N) is 3. The van der Waals surface area contributed by atoms with Crippen LogP contribution in [0.15, 0.2) is 11.1 Å². The molecule has 3 rings (SSSR count). The number of fused-ring (bicyclic) bond motifs is 1. The Morgan fingerprint density at radius 1 is 1.26 bits per heavy atom. The van der Waals surface area contributed by atoms with E-state index in [1.54, 1.807) is 0 Å². The SMILES string of the molecule is C[C@@]1(F)[C@H](O)[C@@](CF)(COP(=O)(O)OP(=O)(O)OP(=O)(O)O)O[C@H]1n1cnc2c(=O)[nH]c(N)nc21. The van der Waals surface area contributed by atoms with Gasteiger partial charge in [0.25, 0.3) is 5.56 Å². The topological polar surface area (TPSA) is 279 Å². The Morgan fingerprint density at radius 3 is 2.46 bits per heavy atom. The summed E-state index contributed by atoms with van der Waals surface area (Å²) in [5.41, 5.74) is -1.63. The highest BCUT2D eigenvalue weighted by Gasteiger charge is 2.64. The Labute approximate surface area is 192 Å². The molecule has 0 radical (unpaired) electrons. The molecule has 1 aliphatic heterocycles. The third-order valence-electron chi connectivity index (χ3n) is 4.68. The van der Waals surface area contributed by atoms with Crippen molar-refractivity contribution in [1.29, 1.82) is 0 Å². The predicted octanol–water partition coefficient (Wildman–Crippen LogP) is -0.629. The molecule has 0 aromatic carbocycles. The van der Waals surface area contributed by atoms with E-state index in [1.165, 1.54) is 0 Å². The summed E-state index contributed by atoms with van der Waals surface area (Å²) in [4.78, 5) is 57.5. The minimum absolute atomic E-state index is 0.320. The van der Waals surface area contributed by atoms with Crippen LogP contribution >= 0.6 is 23.5 Å². The quantitative estimate of drug-likeness (QED) is 0.184. The van der Waals surface area contributed by atoms with E-state index < -0.39 is 71.9 Å². The molecular formula is C12H18F2N5O13P3. The molecule has 35 heavy (non-hydrogen) atoms. The average Bonchev–Trinajstić information content (AvgIpc) is 3.16. The molecule has 2 aromatic heterocycles. The van der Waals surface area contributed by atoms with E-state index in [-0.39, 0.29) is 11.2 Å². The summed E-state index contributed by atoms with van der Waals surface area (Å²) in [5.74, 6) is -0.396. The zero-order valence-corrected chi connectivity index (χ0v) is 19.8. The number of aromatic nitrogens is 4. The number of aromatic amines is 1. The molecule has 0 saturated carbocycles. The fourth-order valence-electron chi connectivity index (χ4n) is 3.25. The number of halogens is 2. The summed E-state index contributed by atoms with van der Waals surface area (Å²) in [7, 11) is -17.3. The van der Waals surface area contributed by atoms with Crippen molar-refractivity contribution in [3.63, 3.8) is 0 Å². The van der Waals surface area contributed by atoms with Crippen molar-refractivity contribution in [2.75, 3.05) is 19.0 Å². The number of imidazole rings is 1. The van der Waals surface area contributed by atoms with E-state index in [1.807, 2.05) is 0 Å². The van der Waals surface area contributed by atoms with Crippen LogP contribution in [0.2, 0.25) is 0 Å². The standard InChI is InChI=1S/C12H18F2N5O13P3/c1-11(14)8(21)12(2-13,3-29-34(25,26)32-35(27,28)31-33(22,23)24)30-9(11)19-4-16-5-6(19)17-10(15)18-7(5)20/h4,8-9,21H,2-3H2,1H3,(H,25,26)(H,27,28)(H2,22,23,24)(H3,15,17,18,20)/t8-,9+,11+,12+/m0/s1. The zero-order chi connectivity index (χ0) is 26.6. The molecule has 1 aliphatic rings. The van der Waals surface area contributed by atoms with Gasteiger partial charge >= 0.3 is 23.5 Å². The van der Waals surface area contributed by atoms with Crippen molar-refractivity contribution in [3.05, 3.63) is 16.7 Å². The average molecular weight is 571 g/mol. The number of aliphatic hydroxyl groups is 1. The van der Waals surface area contributed by atoms with Crippen LogP contribution in [0.3, 0.4) is 0 Å². The van der Waals surface area contributed by atoms with E-state index in [9.17, 15) is 37.8 Å². The van der Waals surface area contributed by atoms with Gasteiger partial charge in [0.2, 0.25) is 5.95 Å². The van der Waals surface area contributed by atoms with Gasteiger partial charge in [-0.2, -0.15) is 13.6 Å². The highest BCUT2D eigenvalue weighted by Crippen LogP contribution is 2.66. The maximum atomic E-state index is 15.6. The second-order valence-electron chi connectivity index (χ2n) is 7.36. The minimum atomic E-state index is -5.89. The molecule has 1 saturated heterocycles. The van der Waals surface area contributed by atoms with Gasteiger partial charge in [0.1, 0.15) is 12.8 Å². The number of hydrogen-bond acceptors (Lipinski definition) is 12. The Bertz CT molecular complexity index is 1330. The highest BCUT2D eigenvalue weighted by molar-refractivity contribution is 7.66. The molecule has 3 heterocycles. The van der Waals surface area contributed by atoms with Crippen LogP contribution in [0, 0.1) is 0 Å². The third kappa shape index (κ3) is 5.69. The van der Waals surface area contributed by atoms with Crippen molar-refractivity contribution >= 4 is 40.6 Å². The van der Waals surface area contributed by atoms with Gasteiger partial charge in [-0.1, -0.05) is 0 Å². The lowest BCUT2D eigenvalue weighted by Crippen LogP contribution is -2.51. The maximum Gasteiger partial charge on any atom is 0.490 e. The smallest absolute Gasteiger partial charge is 0.386 e. The molecule has 0 bridgehead atoms. The van der Waals surface area contributed by atoms with E-state index in [4.69, 9.17) is 20.3 Å². The van der Waals surface area contributed by atoms with Crippen LogP contribution in [0.1, 0.15) is 13.2 Å².